The Morgan fingerprint density at radius 2 is 0.753 bits per heavy atom. The maximum atomic E-state index is 14.5. The third-order valence-electron chi connectivity index (χ3n) is 14.4. The summed E-state index contributed by atoms with van der Waals surface area (Å²) in [5, 5.41) is 169. The van der Waals surface area contributed by atoms with Crippen LogP contribution in [-0.2, 0) is 63.6 Å². The van der Waals surface area contributed by atoms with E-state index in [0.29, 0.717) is 19.3 Å². The van der Waals surface area contributed by atoms with E-state index in [0.717, 1.165) is 20.3 Å². The highest BCUT2D eigenvalue weighted by Gasteiger charge is 2.47. The zero-order valence-electron chi connectivity index (χ0n) is 46.6. The molecule has 4 heterocycles. The molecule has 34 heteroatoms. The standard InChI is InChI=1S/C51H85N5O29/c57-22-28-35(64)39(68)43(72)47(82-28)77-15-11-55(12-16-78-48-44(73)40(69)36(65)29(23-58)83-48)33(62)20-54(19-32(61)52-9-5-2-6-10-53-51(76)81-26-27-7-3-1-4-8-27)21-34(63)56(13-17-79-49-45(74)41(70)37(66)30(24-59)84-49)14-18-80-50-46(75)42(71)38(67)31(25-60)85-50/h1,3-4,7-8,28-31,35-50,57-60,64-75H,2,5-6,9-26H2,(H,52,61)(H,53,76)/t28-,29-,30-,31?,35-,36-,37-,38?,39+,40+,41+,42?,43+,44+,45+,46?,47+,48+,49+,50?/m1/s1. The van der Waals surface area contributed by atoms with Gasteiger partial charge in [-0.1, -0.05) is 30.3 Å². The van der Waals surface area contributed by atoms with Gasteiger partial charge in [-0.3, -0.25) is 19.3 Å². The molecule has 488 valence electrons. The summed E-state index contributed by atoms with van der Waals surface area (Å²) in [6, 6.07) is 9.05. The van der Waals surface area contributed by atoms with E-state index in [1.165, 1.54) is 0 Å². The van der Waals surface area contributed by atoms with Gasteiger partial charge in [0.15, 0.2) is 25.2 Å². The quantitative estimate of drug-likeness (QED) is 0.0285. The number of amides is 4. The molecule has 5 rings (SSSR count). The predicted molar refractivity (Wildman–Crippen MR) is 280 cm³/mol. The van der Waals surface area contributed by atoms with Gasteiger partial charge in [0.2, 0.25) is 17.7 Å². The van der Waals surface area contributed by atoms with Crippen LogP contribution in [0.5, 0.6) is 0 Å². The molecule has 5 unspecified atom stereocenters. The lowest BCUT2D eigenvalue weighted by Crippen LogP contribution is -2.59. The normalized spacial score (nSPS) is 33.3. The van der Waals surface area contributed by atoms with Crippen molar-refractivity contribution in [2.24, 2.45) is 0 Å². The molecule has 0 aromatic heterocycles. The van der Waals surface area contributed by atoms with Gasteiger partial charge in [-0.25, -0.2) is 4.79 Å². The summed E-state index contributed by atoms with van der Waals surface area (Å²) in [6.07, 6.45) is -32.8. The number of benzene rings is 1. The minimum Gasteiger partial charge on any atom is -0.445 e. The molecule has 4 aliphatic heterocycles. The Morgan fingerprint density at radius 1 is 0.424 bits per heavy atom. The lowest BCUT2D eigenvalue weighted by Gasteiger charge is -2.40. The van der Waals surface area contributed by atoms with Crippen LogP contribution >= 0.6 is 0 Å². The fourth-order valence-corrected chi connectivity index (χ4v) is 9.29. The van der Waals surface area contributed by atoms with Crippen LogP contribution in [0.4, 0.5) is 4.79 Å². The Bertz CT molecular complexity index is 1930. The molecule has 0 bridgehead atoms. The van der Waals surface area contributed by atoms with Crippen LogP contribution in [0.25, 0.3) is 0 Å². The van der Waals surface area contributed by atoms with Crippen LogP contribution in [0.3, 0.4) is 0 Å². The lowest BCUT2D eigenvalue weighted by atomic mass is 9.99. The van der Waals surface area contributed by atoms with E-state index in [1.54, 1.807) is 12.1 Å². The summed E-state index contributed by atoms with van der Waals surface area (Å²) in [7, 11) is 0. The predicted octanol–water partition coefficient (Wildman–Crippen LogP) is -10.6. The molecule has 4 saturated heterocycles. The van der Waals surface area contributed by atoms with Crippen molar-refractivity contribution in [1.82, 2.24) is 25.3 Å². The zero-order chi connectivity index (χ0) is 62.3. The SMILES string of the molecule is O=C(CN(CC(=O)N(CCOC1OC(CO)C(O)C(O)C1O)CCO[C@H]1O[C@H](CO)[C@@H](O)[C@H](O)[C@@H]1O)CC(=O)N(CCO[C@H]1O[C@H](CO)[C@@H](O)[C@H](O)[C@@H]1O)CCO[C@H]1O[C@H](CO)[C@@H](O)[C@H](O)[C@@H]1O)NCCCCCNC(=O)OCc1ccccc1. The number of ether oxygens (including phenoxy) is 9. The topological polar surface area (TPSA) is 509 Å². The first kappa shape index (κ1) is 71.7. The van der Waals surface area contributed by atoms with Gasteiger partial charge in [-0.05, 0) is 24.8 Å². The summed E-state index contributed by atoms with van der Waals surface area (Å²) in [4.78, 5) is 58.2. The summed E-state index contributed by atoms with van der Waals surface area (Å²) < 4.78 is 49.5. The largest absolute Gasteiger partial charge is 0.445 e. The van der Waals surface area contributed by atoms with Crippen LogP contribution in [0.15, 0.2) is 30.3 Å². The van der Waals surface area contributed by atoms with Crippen molar-refractivity contribution >= 4 is 23.8 Å². The molecule has 4 fully saturated rings. The molecule has 1 aromatic rings. The second-order valence-electron chi connectivity index (χ2n) is 20.6. The average Bonchev–Trinajstić information content (AvgIpc) is 3.69. The van der Waals surface area contributed by atoms with Crippen LogP contribution in [0.1, 0.15) is 24.8 Å². The molecule has 4 amide bonds. The number of hydrogen-bond donors (Lipinski definition) is 18. The fraction of sp³-hybridized carbons (Fsp3) is 0.804. The van der Waals surface area contributed by atoms with Crippen molar-refractivity contribution in [3.8, 4) is 0 Å². The van der Waals surface area contributed by atoms with Gasteiger partial charge in [-0.2, -0.15) is 0 Å². The first-order valence-corrected chi connectivity index (χ1v) is 27.8. The Hall–Kier alpha value is -4.10. The van der Waals surface area contributed by atoms with Crippen molar-refractivity contribution < 1.29 is 144 Å². The van der Waals surface area contributed by atoms with E-state index in [2.05, 4.69) is 10.6 Å². The Labute approximate surface area is 488 Å². The molecule has 4 aliphatic rings. The summed E-state index contributed by atoms with van der Waals surface area (Å²) in [6.45, 7) is -8.44. The molecule has 18 N–H and O–H groups in total. The van der Waals surface area contributed by atoms with Crippen LogP contribution in [-0.4, -0.2) is 355 Å². The van der Waals surface area contributed by atoms with E-state index >= 15 is 0 Å². The number of aliphatic hydroxyl groups excluding tert-OH is 16. The molecule has 20 atom stereocenters. The average molecular weight is 1230 g/mol. The van der Waals surface area contributed by atoms with Gasteiger partial charge < -0.3 is 145 Å². The van der Waals surface area contributed by atoms with Crippen molar-refractivity contribution in [2.45, 2.75) is 149 Å². The van der Waals surface area contributed by atoms with Crippen molar-refractivity contribution in [2.75, 3.05) is 112 Å². The molecule has 0 spiro atoms. The van der Waals surface area contributed by atoms with Crippen molar-refractivity contribution in [1.29, 1.82) is 0 Å². The molecule has 0 saturated carbocycles. The first-order valence-electron chi connectivity index (χ1n) is 27.8. The number of rotatable bonds is 34. The summed E-state index contributed by atoms with van der Waals surface area (Å²) >= 11 is 0. The highest BCUT2D eigenvalue weighted by Crippen LogP contribution is 2.26. The number of nitrogens with one attached hydrogen (secondary N) is 2. The van der Waals surface area contributed by atoms with Gasteiger partial charge in [-0.15, -0.1) is 0 Å². The third-order valence-corrected chi connectivity index (χ3v) is 14.4. The van der Waals surface area contributed by atoms with Crippen LogP contribution in [0.2, 0.25) is 0 Å². The van der Waals surface area contributed by atoms with E-state index in [4.69, 9.17) is 42.6 Å². The Morgan fingerprint density at radius 3 is 1.08 bits per heavy atom. The number of aliphatic hydroxyl groups is 16. The lowest BCUT2D eigenvalue weighted by molar-refractivity contribution is -0.303. The molecule has 0 radical (unpaired) electrons. The van der Waals surface area contributed by atoms with Gasteiger partial charge in [0.05, 0.1) is 72.5 Å². The molecular weight excluding hydrogens is 1150 g/mol. The minimum absolute atomic E-state index is 0.0722. The second kappa shape index (κ2) is 36.4. The fourth-order valence-electron chi connectivity index (χ4n) is 9.29. The maximum Gasteiger partial charge on any atom is 0.407 e. The Kier molecular flexibility index (Phi) is 30.7. The number of nitrogens with zero attached hydrogens (tertiary/aromatic N) is 3. The molecule has 1 aromatic carbocycles. The van der Waals surface area contributed by atoms with E-state index < -0.39 is 245 Å². The number of unbranched alkanes of at least 4 members (excludes halogenated alkanes) is 2. The number of carbonyl (C=O) groups is 4. The van der Waals surface area contributed by atoms with E-state index in [1.807, 2.05) is 18.2 Å². The molecular formula is C51H85N5O29. The zero-order valence-corrected chi connectivity index (χ0v) is 46.6. The van der Waals surface area contributed by atoms with Crippen molar-refractivity contribution in [3.05, 3.63) is 35.9 Å². The summed E-state index contributed by atoms with van der Waals surface area (Å²) in [5.74, 6) is -2.36. The van der Waals surface area contributed by atoms with E-state index in [9.17, 15) is 101 Å². The highest BCUT2D eigenvalue weighted by molar-refractivity contribution is 5.84. The molecule has 0 aliphatic carbocycles. The first-order chi connectivity index (χ1) is 40.6. The third kappa shape index (κ3) is 21.3. The number of alkyl carbamates (subject to hydrolysis) is 1. The van der Waals surface area contributed by atoms with Gasteiger partial charge in [0, 0.05) is 39.3 Å². The molecule has 34 nitrogen and oxygen atoms in total. The van der Waals surface area contributed by atoms with Gasteiger partial charge in [0.1, 0.15) is 104 Å². The Balaban J connectivity index is 1.33. The monoisotopic (exact) mass is 1230 g/mol. The van der Waals surface area contributed by atoms with Crippen LogP contribution in [0, 0.1) is 0 Å². The van der Waals surface area contributed by atoms with Gasteiger partial charge >= 0.3 is 6.09 Å². The number of hydrogen-bond acceptors (Lipinski definition) is 30. The number of carbonyl (C=O) groups excluding carboxylic acids is 4. The van der Waals surface area contributed by atoms with Crippen LogP contribution < -0.4 is 10.6 Å². The minimum atomic E-state index is -1.84. The smallest absolute Gasteiger partial charge is 0.407 e. The second-order valence-corrected chi connectivity index (χ2v) is 20.6. The maximum absolute atomic E-state index is 14.5. The summed E-state index contributed by atoms with van der Waals surface area (Å²) in [5.41, 5.74) is 0.800. The molecule has 85 heavy (non-hydrogen) atoms. The highest BCUT2D eigenvalue weighted by atomic mass is 16.7. The van der Waals surface area contributed by atoms with Gasteiger partial charge in [0.25, 0.3) is 0 Å². The van der Waals surface area contributed by atoms with E-state index in [-0.39, 0.29) is 19.7 Å². The van der Waals surface area contributed by atoms with Crippen molar-refractivity contribution in [3.63, 3.8) is 0 Å².